The summed E-state index contributed by atoms with van der Waals surface area (Å²) < 4.78 is 102. The van der Waals surface area contributed by atoms with Crippen LogP contribution in [0.4, 0.5) is 30.7 Å². The monoisotopic (exact) mass is 411 g/mol. The lowest BCUT2D eigenvalue weighted by atomic mass is 10.0. The maximum atomic E-state index is 14.3. The maximum absolute atomic E-state index is 14.3. The Hall–Kier alpha value is -3.54. The molecule has 29 heavy (non-hydrogen) atoms. The van der Waals surface area contributed by atoms with Gasteiger partial charge in [0.15, 0.2) is 0 Å². The third kappa shape index (κ3) is 3.87. The van der Waals surface area contributed by atoms with E-state index in [1.54, 1.807) is 0 Å². The molecule has 3 rings (SSSR count). The van der Waals surface area contributed by atoms with Crippen molar-refractivity contribution in [2.24, 2.45) is 0 Å². The summed E-state index contributed by atoms with van der Waals surface area (Å²) in [5.41, 5.74) is -3.43. The van der Waals surface area contributed by atoms with Crippen molar-refractivity contribution in [1.82, 2.24) is 0 Å². The Balaban J connectivity index is 2.02. The van der Waals surface area contributed by atoms with E-state index in [0.29, 0.717) is 12.1 Å². The van der Waals surface area contributed by atoms with E-state index in [2.05, 4.69) is 4.74 Å². The van der Waals surface area contributed by atoms with E-state index in [4.69, 9.17) is 5.26 Å². The van der Waals surface area contributed by atoms with Crippen molar-refractivity contribution in [1.29, 1.82) is 5.26 Å². The fourth-order valence-corrected chi connectivity index (χ4v) is 2.62. The van der Waals surface area contributed by atoms with Gasteiger partial charge in [-0.05, 0) is 23.8 Å². The molecule has 9 heteroatoms. The Morgan fingerprint density at radius 3 is 1.83 bits per heavy atom. The van der Waals surface area contributed by atoms with Gasteiger partial charge in [-0.3, -0.25) is 0 Å². The average molecular weight is 411 g/mol. The van der Waals surface area contributed by atoms with Crippen LogP contribution in [0, 0.1) is 40.4 Å². The van der Waals surface area contributed by atoms with Crippen LogP contribution in [-0.2, 0) is 6.11 Å². The maximum Gasteiger partial charge on any atom is 0.432 e. The molecule has 3 aromatic rings. The standard InChI is InChI=1S/C20H8F7NO/c21-14-4-2-1-3-12(14)10-5-17(24)19(18(25)6-10)20(26,27)29-11-7-15(22)13(9-28)16(23)8-11/h1-8H. The van der Waals surface area contributed by atoms with Crippen molar-refractivity contribution in [2.45, 2.75) is 6.11 Å². The summed E-state index contributed by atoms with van der Waals surface area (Å²) >= 11 is 0. The van der Waals surface area contributed by atoms with E-state index in [0.717, 1.165) is 6.07 Å². The first-order valence-electron chi connectivity index (χ1n) is 7.84. The minimum atomic E-state index is -4.67. The number of rotatable bonds is 4. The molecule has 0 aliphatic heterocycles. The molecule has 0 bridgehead atoms. The molecule has 0 aliphatic carbocycles. The first-order valence-corrected chi connectivity index (χ1v) is 7.84. The zero-order valence-electron chi connectivity index (χ0n) is 14.1. The van der Waals surface area contributed by atoms with Gasteiger partial charge in [0.2, 0.25) is 0 Å². The van der Waals surface area contributed by atoms with E-state index < -0.39 is 52.1 Å². The van der Waals surface area contributed by atoms with Crippen molar-refractivity contribution < 1.29 is 35.5 Å². The molecule has 3 aromatic carbocycles. The second-order valence-corrected chi connectivity index (χ2v) is 5.79. The van der Waals surface area contributed by atoms with E-state index in [9.17, 15) is 30.7 Å². The van der Waals surface area contributed by atoms with Gasteiger partial charge in [0.1, 0.15) is 52.0 Å². The third-order valence-electron chi connectivity index (χ3n) is 3.89. The summed E-state index contributed by atoms with van der Waals surface area (Å²) in [6.07, 6.45) is -4.67. The third-order valence-corrected chi connectivity index (χ3v) is 3.89. The molecular weight excluding hydrogens is 403 g/mol. The van der Waals surface area contributed by atoms with E-state index in [1.807, 2.05) is 0 Å². The summed E-state index contributed by atoms with van der Waals surface area (Å²) in [5, 5.41) is 8.57. The highest BCUT2D eigenvalue weighted by atomic mass is 19.3. The van der Waals surface area contributed by atoms with E-state index in [-0.39, 0.29) is 23.3 Å². The Labute approximate surface area is 159 Å². The van der Waals surface area contributed by atoms with Gasteiger partial charge in [-0.1, -0.05) is 18.2 Å². The number of ether oxygens (including phenoxy) is 1. The van der Waals surface area contributed by atoms with Crippen LogP contribution in [0.25, 0.3) is 11.1 Å². The Morgan fingerprint density at radius 1 is 0.759 bits per heavy atom. The molecule has 0 N–H and O–H groups in total. The zero-order valence-corrected chi connectivity index (χ0v) is 14.1. The topological polar surface area (TPSA) is 33.0 Å². The van der Waals surface area contributed by atoms with Gasteiger partial charge in [-0.2, -0.15) is 14.0 Å². The molecule has 0 saturated heterocycles. The summed E-state index contributed by atoms with van der Waals surface area (Å²) in [5.74, 6) is -8.43. The van der Waals surface area contributed by atoms with Crippen LogP contribution < -0.4 is 4.74 Å². The smallest absolute Gasteiger partial charge is 0.429 e. The predicted molar refractivity (Wildman–Crippen MR) is 87.3 cm³/mol. The molecule has 0 atom stereocenters. The van der Waals surface area contributed by atoms with Crippen LogP contribution in [0.3, 0.4) is 0 Å². The Morgan fingerprint density at radius 2 is 1.31 bits per heavy atom. The van der Waals surface area contributed by atoms with E-state index in [1.165, 1.54) is 24.3 Å². The fraction of sp³-hybridized carbons (Fsp3) is 0.0500. The molecule has 2 nitrogen and oxygen atoms in total. The number of halogens is 7. The van der Waals surface area contributed by atoms with Gasteiger partial charge in [0, 0.05) is 17.7 Å². The molecule has 0 radical (unpaired) electrons. The second-order valence-electron chi connectivity index (χ2n) is 5.79. The number of nitrogens with zero attached hydrogens (tertiary/aromatic N) is 1. The Bertz CT molecular complexity index is 1090. The number of hydrogen-bond donors (Lipinski definition) is 0. The molecule has 0 fully saturated rings. The highest BCUT2D eigenvalue weighted by Crippen LogP contribution is 2.38. The van der Waals surface area contributed by atoms with Crippen molar-refractivity contribution >= 4 is 0 Å². The van der Waals surface area contributed by atoms with Crippen molar-refractivity contribution in [3.05, 3.63) is 88.7 Å². The van der Waals surface area contributed by atoms with Crippen LogP contribution in [-0.4, -0.2) is 0 Å². The van der Waals surface area contributed by atoms with Gasteiger partial charge in [-0.15, -0.1) is 0 Å². The predicted octanol–water partition coefficient (Wildman–Crippen LogP) is 6.05. The summed E-state index contributed by atoms with van der Waals surface area (Å²) in [4.78, 5) is 0. The molecule has 0 unspecified atom stereocenters. The zero-order chi connectivity index (χ0) is 21.3. The molecule has 148 valence electrons. The normalized spacial score (nSPS) is 11.2. The van der Waals surface area contributed by atoms with Gasteiger partial charge in [0.25, 0.3) is 0 Å². The lowest BCUT2D eigenvalue weighted by Gasteiger charge is -2.20. The second kappa shape index (κ2) is 7.47. The number of hydrogen-bond acceptors (Lipinski definition) is 2. The van der Waals surface area contributed by atoms with Crippen LogP contribution in [0.15, 0.2) is 48.5 Å². The first-order chi connectivity index (χ1) is 13.6. The van der Waals surface area contributed by atoms with Crippen molar-refractivity contribution in [2.75, 3.05) is 0 Å². The molecule has 0 heterocycles. The van der Waals surface area contributed by atoms with Gasteiger partial charge in [-0.25, -0.2) is 22.0 Å². The molecule has 0 aliphatic rings. The quantitative estimate of drug-likeness (QED) is 0.490. The molecule has 0 spiro atoms. The summed E-state index contributed by atoms with van der Waals surface area (Å²) in [6, 6.07) is 7.63. The van der Waals surface area contributed by atoms with Gasteiger partial charge in [0.05, 0.1) is 0 Å². The molecule has 0 saturated carbocycles. The summed E-state index contributed by atoms with van der Waals surface area (Å²) in [6.45, 7) is 0. The highest BCUT2D eigenvalue weighted by molar-refractivity contribution is 5.65. The highest BCUT2D eigenvalue weighted by Gasteiger charge is 2.41. The van der Waals surface area contributed by atoms with Crippen LogP contribution >= 0.6 is 0 Å². The van der Waals surface area contributed by atoms with E-state index >= 15 is 0 Å². The lowest BCUT2D eigenvalue weighted by Crippen LogP contribution is -2.25. The number of nitriles is 1. The van der Waals surface area contributed by atoms with Crippen LogP contribution in [0.5, 0.6) is 5.75 Å². The molecular formula is C20H8F7NO. The minimum Gasteiger partial charge on any atom is -0.429 e. The molecule has 0 amide bonds. The molecule has 0 aromatic heterocycles. The average Bonchev–Trinajstić information content (AvgIpc) is 2.60. The van der Waals surface area contributed by atoms with Gasteiger partial charge >= 0.3 is 6.11 Å². The van der Waals surface area contributed by atoms with Gasteiger partial charge < -0.3 is 4.74 Å². The largest absolute Gasteiger partial charge is 0.432 e. The SMILES string of the molecule is N#Cc1c(F)cc(OC(F)(F)c2c(F)cc(-c3ccccc3F)cc2F)cc1F. The lowest BCUT2D eigenvalue weighted by molar-refractivity contribution is -0.189. The fourth-order valence-electron chi connectivity index (χ4n) is 2.62. The minimum absolute atomic E-state index is 0.225. The number of alkyl halides is 2. The Kier molecular flexibility index (Phi) is 5.20. The number of benzene rings is 3. The van der Waals surface area contributed by atoms with Crippen LogP contribution in [0.1, 0.15) is 11.1 Å². The van der Waals surface area contributed by atoms with Crippen molar-refractivity contribution in [3.8, 4) is 22.9 Å². The van der Waals surface area contributed by atoms with Crippen molar-refractivity contribution in [3.63, 3.8) is 0 Å². The summed E-state index contributed by atoms with van der Waals surface area (Å²) in [7, 11) is 0. The van der Waals surface area contributed by atoms with Crippen LogP contribution in [0.2, 0.25) is 0 Å². The first kappa shape index (κ1) is 20.2.